The summed E-state index contributed by atoms with van der Waals surface area (Å²) in [7, 11) is 4.21. The third-order valence-electron chi connectivity index (χ3n) is 3.48. The Kier molecular flexibility index (Phi) is 3.49. The van der Waals surface area contributed by atoms with Gasteiger partial charge in [-0.1, -0.05) is 19.1 Å². The summed E-state index contributed by atoms with van der Waals surface area (Å²) in [4.78, 5) is 2.38. The third kappa shape index (κ3) is 2.22. The van der Waals surface area contributed by atoms with Crippen molar-refractivity contribution in [2.24, 2.45) is 0 Å². The lowest BCUT2D eigenvalue weighted by molar-refractivity contribution is 0.724. The molecule has 1 heterocycles. The molecule has 0 radical (unpaired) electrons. The van der Waals surface area contributed by atoms with E-state index in [4.69, 9.17) is 0 Å². The number of nitrogens with one attached hydrogen (secondary N) is 1. The van der Waals surface area contributed by atoms with E-state index in [9.17, 15) is 0 Å². The van der Waals surface area contributed by atoms with Crippen LogP contribution in [0.5, 0.6) is 0 Å². The van der Waals surface area contributed by atoms with Crippen molar-refractivity contribution in [2.75, 3.05) is 32.1 Å². The highest BCUT2D eigenvalue weighted by molar-refractivity contribution is 5.60. The van der Waals surface area contributed by atoms with Crippen LogP contribution in [0.2, 0.25) is 0 Å². The fourth-order valence-corrected chi connectivity index (χ4v) is 2.57. The van der Waals surface area contributed by atoms with Crippen LogP contribution in [0.25, 0.3) is 0 Å². The molecule has 1 aliphatic rings. The fraction of sp³-hybridized carbons (Fsp3) is 0.571. The largest absolute Gasteiger partial charge is 0.374 e. The topological polar surface area (TPSA) is 15.3 Å². The van der Waals surface area contributed by atoms with Gasteiger partial charge >= 0.3 is 0 Å². The van der Waals surface area contributed by atoms with Gasteiger partial charge in [0.25, 0.3) is 0 Å². The zero-order chi connectivity index (χ0) is 11.5. The van der Waals surface area contributed by atoms with Crippen molar-refractivity contribution in [1.29, 1.82) is 0 Å². The maximum Gasteiger partial charge on any atom is 0.0402 e. The molecule has 2 rings (SSSR count). The Morgan fingerprint density at radius 2 is 2.25 bits per heavy atom. The van der Waals surface area contributed by atoms with Gasteiger partial charge in [0.05, 0.1) is 0 Å². The number of hydrogen-bond donors (Lipinski definition) is 1. The Bertz CT molecular complexity index is 360. The van der Waals surface area contributed by atoms with Crippen LogP contribution in [0.15, 0.2) is 18.2 Å². The summed E-state index contributed by atoms with van der Waals surface area (Å²) in [5.41, 5.74) is 4.42. The molecule has 0 saturated heterocycles. The molecule has 88 valence electrons. The second-order valence-corrected chi connectivity index (χ2v) is 4.88. The van der Waals surface area contributed by atoms with Crippen LogP contribution in [-0.4, -0.2) is 27.2 Å². The van der Waals surface area contributed by atoms with Crippen LogP contribution in [0.4, 0.5) is 5.69 Å². The van der Waals surface area contributed by atoms with Gasteiger partial charge < -0.3 is 10.2 Å². The van der Waals surface area contributed by atoms with E-state index in [0.717, 1.165) is 13.1 Å². The number of aryl methyl sites for hydroxylation is 1. The Morgan fingerprint density at radius 3 is 3.00 bits per heavy atom. The summed E-state index contributed by atoms with van der Waals surface area (Å²) in [6.45, 7) is 4.57. The molecule has 0 spiro atoms. The summed E-state index contributed by atoms with van der Waals surface area (Å²) in [5.74, 6) is 0.686. The van der Waals surface area contributed by atoms with Crippen LogP contribution in [0.3, 0.4) is 0 Å². The van der Waals surface area contributed by atoms with E-state index < -0.39 is 0 Å². The molecule has 1 aliphatic heterocycles. The number of likely N-dealkylation sites (N-methyl/N-ethyl adjacent to an activating group) is 1. The highest BCUT2D eigenvalue weighted by Crippen LogP contribution is 2.35. The van der Waals surface area contributed by atoms with E-state index in [-0.39, 0.29) is 0 Å². The van der Waals surface area contributed by atoms with Gasteiger partial charge in [-0.2, -0.15) is 0 Å². The molecule has 0 bridgehead atoms. The van der Waals surface area contributed by atoms with Crippen LogP contribution in [0.1, 0.15) is 30.4 Å². The van der Waals surface area contributed by atoms with Crippen molar-refractivity contribution < 1.29 is 0 Å². The quantitative estimate of drug-likeness (QED) is 0.781. The summed E-state index contributed by atoms with van der Waals surface area (Å²) in [6.07, 6.45) is 2.39. The minimum absolute atomic E-state index is 0.686. The van der Waals surface area contributed by atoms with Gasteiger partial charge in [0, 0.05) is 25.2 Å². The van der Waals surface area contributed by atoms with Crippen LogP contribution < -0.4 is 10.2 Å². The number of rotatable bonds is 4. The molecule has 1 N–H and O–H groups in total. The van der Waals surface area contributed by atoms with Crippen molar-refractivity contribution in [3.63, 3.8) is 0 Å². The van der Waals surface area contributed by atoms with Gasteiger partial charge in [-0.15, -0.1) is 0 Å². The fourth-order valence-electron chi connectivity index (χ4n) is 2.57. The first kappa shape index (κ1) is 11.5. The average molecular weight is 218 g/mol. The maximum atomic E-state index is 3.20. The zero-order valence-corrected chi connectivity index (χ0v) is 10.6. The lowest BCUT2D eigenvalue weighted by atomic mass is 10.0. The normalized spacial score (nSPS) is 18.9. The predicted molar refractivity (Wildman–Crippen MR) is 70.4 cm³/mol. The molecule has 0 aliphatic carbocycles. The standard InChI is InChI=1S/C14H22N2/c1-11-10-16(3)14-9-12(5-4-8-15-2)6-7-13(11)14/h6-7,9,11,15H,4-5,8,10H2,1-3H3. The smallest absolute Gasteiger partial charge is 0.0402 e. The molecule has 2 heteroatoms. The van der Waals surface area contributed by atoms with Crippen molar-refractivity contribution in [1.82, 2.24) is 5.32 Å². The predicted octanol–water partition coefficient (Wildman–Crippen LogP) is 2.39. The van der Waals surface area contributed by atoms with Crippen LogP contribution >= 0.6 is 0 Å². The van der Waals surface area contributed by atoms with Gasteiger partial charge in [0.15, 0.2) is 0 Å². The molecule has 0 fully saturated rings. The molecule has 1 aromatic carbocycles. The lowest BCUT2D eigenvalue weighted by Gasteiger charge is -2.13. The number of hydrogen-bond acceptors (Lipinski definition) is 2. The SMILES string of the molecule is CNCCCc1ccc2c(c1)N(C)CC2C. The average Bonchev–Trinajstić information content (AvgIpc) is 2.55. The second-order valence-electron chi connectivity index (χ2n) is 4.88. The highest BCUT2D eigenvalue weighted by atomic mass is 15.1. The molecule has 0 aromatic heterocycles. The van der Waals surface area contributed by atoms with E-state index in [1.165, 1.54) is 29.7 Å². The Balaban J connectivity index is 2.10. The Morgan fingerprint density at radius 1 is 1.44 bits per heavy atom. The van der Waals surface area contributed by atoms with E-state index in [1.807, 2.05) is 7.05 Å². The van der Waals surface area contributed by atoms with Crippen molar-refractivity contribution in [2.45, 2.75) is 25.7 Å². The Labute approximate surface area is 98.7 Å². The molecule has 0 amide bonds. The number of benzene rings is 1. The van der Waals surface area contributed by atoms with E-state index in [1.54, 1.807) is 0 Å². The van der Waals surface area contributed by atoms with E-state index in [2.05, 4.69) is 42.4 Å². The molecule has 0 saturated carbocycles. The van der Waals surface area contributed by atoms with Crippen LogP contribution in [-0.2, 0) is 6.42 Å². The van der Waals surface area contributed by atoms with E-state index >= 15 is 0 Å². The summed E-state index contributed by atoms with van der Waals surface area (Å²) in [5, 5.41) is 3.20. The first-order valence-electron chi connectivity index (χ1n) is 6.21. The lowest BCUT2D eigenvalue weighted by Crippen LogP contribution is -2.14. The minimum Gasteiger partial charge on any atom is -0.374 e. The molecule has 1 atom stereocenters. The number of anilines is 1. The third-order valence-corrected chi connectivity index (χ3v) is 3.48. The second kappa shape index (κ2) is 4.88. The number of nitrogens with zero attached hydrogens (tertiary/aromatic N) is 1. The van der Waals surface area contributed by atoms with E-state index in [0.29, 0.717) is 5.92 Å². The summed E-state index contributed by atoms with van der Waals surface area (Å²) in [6, 6.07) is 6.98. The monoisotopic (exact) mass is 218 g/mol. The first-order chi connectivity index (χ1) is 7.72. The molecule has 1 aromatic rings. The van der Waals surface area contributed by atoms with Crippen LogP contribution in [0, 0.1) is 0 Å². The van der Waals surface area contributed by atoms with Gasteiger partial charge in [0.2, 0.25) is 0 Å². The van der Waals surface area contributed by atoms with Gasteiger partial charge in [0.1, 0.15) is 0 Å². The van der Waals surface area contributed by atoms with Crippen molar-refractivity contribution >= 4 is 5.69 Å². The summed E-state index contributed by atoms with van der Waals surface area (Å²) < 4.78 is 0. The minimum atomic E-state index is 0.686. The molecular weight excluding hydrogens is 196 g/mol. The zero-order valence-electron chi connectivity index (χ0n) is 10.6. The highest BCUT2D eigenvalue weighted by Gasteiger charge is 2.22. The Hall–Kier alpha value is -1.02. The van der Waals surface area contributed by atoms with Gasteiger partial charge in [-0.3, -0.25) is 0 Å². The molecule has 16 heavy (non-hydrogen) atoms. The van der Waals surface area contributed by atoms with Crippen molar-refractivity contribution in [3.05, 3.63) is 29.3 Å². The summed E-state index contributed by atoms with van der Waals surface area (Å²) >= 11 is 0. The molecular formula is C14H22N2. The van der Waals surface area contributed by atoms with Gasteiger partial charge in [-0.05, 0) is 43.6 Å². The van der Waals surface area contributed by atoms with Gasteiger partial charge in [-0.25, -0.2) is 0 Å². The van der Waals surface area contributed by atoms with Crippen molar-refractivity contribution in [3.8, 4) is 0 Å². The molecule has 2 nitrogen and oxygen atoms in total. The maximum absolute atomic E-state index is 3.20. The molecule has 1 unspecified atom stereocenters. The number of fused-ring (bicyclic) bond motifs is 1. The first-order valence-corrected chi connectivity index (χ1v) is 6.21.